The van der Waals surface area contributed by atoms with Gasteiger partial charge in [0.15, 0.2) is 11.5 Å². The van der Waals surface area contributed by atoms with Crippen LogP contribution in [0.2, 0.25) is 0 Å². The molecule has 1 aliphatic heterocycles. The quantitative estimate of drug-likeness (QED) is 0.684. The third kappa shape index (κ3) is 3.86. The number of halogens is 3. The maximum Gasteiger partial charge on any atom is 0.387 e. The minimum atomic E-state index is -2.93. The smallest absolute Gasteiger partial charge is 0.387 e. The lowest BCUT2D eigenvalue weighted by Crippen LogP contribution is -2.41. The summed E-state index contributed by atoms with van der Waals surface area (Å²) >= 11 is 0. The molecule has 1 amide bonds. The predicted molar refractivity (Wildman–Crippen MR) is 111 cm³/mol. The largest absolute Gasteiger partial charge is 0.435 e. The minimum absolute atomic E-state index is 0.0695. The molecule has 0 spiro atoms. The van der Waals surface area contributed by atoms with E-state index in [1.54, 1.807) is 31.3 Å². The Bertz CT molecular complexity index is 1020. The summed E-state index contributed by atoms with van der Waals surface area (Å²) in [4.78, 5) is 19.3. The fraction of sp³-hybridized carbons (Fsp3) is 0.391. The van der Waals surface area contributed by atoms with Crippen LogP contribution in [0.3, 0.4) is 0 Å². The SMILES string of the molecule is CN1C(=O)C(c2cccc(CCCF)c2)(c2ccc(OC(F)F)c(C3CC3)c2)N=C1N. The van der Waals surface area contributed by atoms with Crippen LogP contribution in [0.25, 0.3) is 0 Å². The number of aryl methyl sites for hydroxylation is 1. The number of hydrogen-bond acceptors (Lipinski definition) is 4. The first-order valence-electron chi connectivity index (χ1n) is 10.2. The van der Waals surface area contributed by atoms with Crippen molar-refractivity contribution in [3.63, 3.8) is 0 Å². The van der Waals surface area contributed by atoms with Crippen LogP contribution in [0.4, 0.5) is 13.2 Å². The Kier molecular flexibility index (Phi) is 5.64. The number of benzene rings is 2. The number of aliphatic imine (C=N–C) groups is 1. The molecule has 0 aromatic heterocycles. The molecule has 2 N–H and O–H groups in total. The second-order valence-corrected chi connectivity index (χ2v) is 7.94. The zero-order valence-electron chi connectivity index (χ0n) is 17.2. The molecule has 2 aromatic carbocycles. The summed E-state index contributed by atoms with van der Waals surface area (Å²) in [7, 11) is 1.55. The molecule has 4 rings (SSSR count). The van der Waals surface area contributed by atoms with E-state index in [4.69, 9.17) is 10.5 Å². The van der Waals surface area contributed by atoms with Crippen molar-refractivity contribution in [3.8, 4) is 5.75 Å². The van der Waals surface area contributed by atoms with Gasteiger partial charge in [-0.05, 0) is 66.0 Å². The fourth-order valence-electron chi connectivity index (χ4n) is 4.10. The Morgan fingerprint density at radius 1 is 1.23 bits per heavy atom. The molecule has 1 aliphatic carbocycles. The number of amides is 1. The van der Waals surface area contributed by atoms with Gasteiger partial charge < -0.3 is 10.5 Å². The number of carbonyl (C=O) groups is 1. The molecule has 0 radical (unpaired) electrons. The van der Waals surface area contributed by atoms with E-state index >= 15 is 0 Å². The van der Waals surface area contributed by atoms with Crippen LogP contribution >= 0.6 is 0 Å². The van der Waals surface area contributed by atoms with Crippen LogP contribution in [0.15, 0.2) is 47.5 Å². The molecule has 1 fully saturated rings. The first-order chi connectivity index (χ1) is 14.9. The molecule has 8 heteroatoms. The van der Waals surface area contributed by atoms with Crippen LogP contribution in [-0.4, -0.2) is 37.1 Å². The molecule has 2 aromatic rings. The Morgan fingerprint density at radius 3 is 2.58 bits per heavy atom. The first-order valence-corrected chi connectivity index (χ1v) is 10.2. The van der Waals surface area contributed by atoms with E-state index in [2.05, 4.69) is 4.99 Å². The maximum absolute atomic E-state index is 13.4. The number of guanidine groups is 1. The molecule has 0 bridgehead atoms. The van der Waals surface area contributed by atoms with Gasteiger partial charge in [0.25, 0.3) is 5.91 Å². The zero-order chi connectivity index (χ0) is 22.2. The molecular formula is C23H24F3N3O2. The normalized spacial score (nSPS) is 21.0. The van der Waals surface area contributed by atoms with Gasteiger partial charge in [0.1, 0.15) is 5.75 Å². The summed E-state index contributed by atoms with van der Waals surface area (Å²) in [5.74, 6) is -0.0435. The van der Waals surface area contributed by atoms with Crippen molar-refractivity contribution >= 4 is 11.9 Å². The van der Waals surface area contributed by atoms with E-state index in [0.717, 1.165) is 18.4 Å². The van der Waals surface area contributed by atoms with Crippen LogP contribution < -0.4 is 10.5 Å². The fourth-order valence-corrected chi connectivity index (χ4v) is 4.10. The van der Waals surface area contributed by atoms with Gasteiger partial charge in [-0.1, -0.05) is 30.3 Å². The van der Waals surface area contributed by atoms with Crippen molar-refractivity contribution in [1.29, 1.82) is 0 Å². The molecule has 2 aliphatic rings. The van der Waals surface area contributed by atoms with Gasteiger partial charge in [-0.3, -0.25) is 14.1 Å². The summed E-state index contributed by atoms with van der Waals surface area (Å²) in [5.41, 5.74) is 7.25. The van der Waals surface area contributed by atoms with Crippen molar-refractivity contribution in [1.82, 2.24) is 4.90 Å². The van der Waals surface area contributed by atoms with Crippen molar-refractivity contribution in [2.75, 3.05) is 13.7 Å². The molecule has 164 valence electrons. The molecule has 1 unspecified atom stereocenters. The Morgan fingerprint density at radius 2 is 1.97 bits per heavy atom. The van der Waals surface area contributed by atoms with E-state index in [9.17, 15) is 18.0 Å². The first kappa shape index (κ1) is 21.2. The number of rotatable bonds is 8. The highest BCUT2D eigenvalue weighted by Gasteiger charge is 2.50. The van der Waals surface area contributed by atoms with Gasteiger partial charge in [-0.25, -0.2) is 4.99 Å². The highest BCUT2D eigenvalue weighted by molar-refractivity contribution is 6.09. The Labute approximate surface area is 178 Å². The zero-order valence-corrected chi connectivity index (χ0v) is 17.2. The number of likely N-dealkylation sites (N-methyl/N-ethyl adjacent to an activating group) is 1. The predicted octanol–water partition coefficient (Wildman–Crippen LogP) is 4.10. The van der Waals surface area contributed by atoms with Gasteiger partial charge in [-0.2, -0.15) is 8.78 Å². The average molecular weight is 431 g/mol. The monoisotopic (exact) mass is 431 g/mol. The third-order valence-corrected chi connectivity index (χ3v) is 5.84. The second-order valence-electron chi connectivity index (χ2n) is 7.94. The summed E-state index contributed by atoms with van der Waals surface area (Å²) in [6, 6.07) is 12.1. The number of nitrogens with two attached hydrogens (primary N) is 1. The lowest BCUT2D eigenvalue weighted by atomic mass is 9.81. The van der Waals surface area contributed by atoms with Crippen molar-refractivity contribution in [2.45, 2.75) is 43.8 Å². The summed E-state index contributed by atoms with van der Waals surface area (Å²) in [6.07, 6.45) is 2.64. The number of hydrogen-bond donors (Lipinski definition) is 1. The van der Waals surface area contributed by atoms with Gasteiger partial charge in [-0.15, -0.1) is 0 Å². The van der Waals surface area contributed by atoms with Crippen LogP contribution in [0.5, 0.6) is 5.75 Å². The number of nitrogens with zero attached hydrogens (tertiary/aromatic N) is 2. The van der Waals surface area contributed by atoms with Gasteiger partial charge in [0.2, 0.25) is 0 Å². The molecule has 0 saturated heterocycles. The van der Waals surface area contributed by atoms with Crippen LogP contribution in [-0.2, 0) is 16.8 Å². The van der Waals surface area contributed by atoms with Crippen LogP contribution in [0, 0.1) is 0 Å². The van der Waals surface area contributed by atoms with E-state index in [1.165, 1.54) is 11.0 Å². The van der Waals surface area contributed by atoms with Gasteiger partial charge in [0, 0.05) is 7.05 Å². The molecule has 1 saturated carbocycles. The lowest BCUT2D eigenvalue weighted by molar-refractivity contribution is -0.129. The summed E-state index contributed by atoms with van der Waals surface area (Å²) < 4.78 is 43.2. The molecule has 31 heavy (non-hydrogen) atoms. The molecular weight excluding hydrogens is 407 g/mol. The maximum atomic E-state index is 13.4. The van der Waals surface area contributed by atoms with Crippen molar-refractivity contribution in [3.05, 3.63) is 64.7 Å². The van der Waals surface area contributed by atoms with Gasteiger partial charge in [0.05, 0.1) is 6.67 Å². The Hall–Kier alpha value is -3.03. The summed E-state index contributed by atoms with van der Waals surface area (Å²) in [5, 5.41) is 0. The summed E-state index contributed by atoms with van der Waals surface area (Å²) in [6.45, 7) is -3.37. The minimum Gasteiger partial charge on any atom is -0.435 e. The van der Waals surface area contributed by atoms with Crippen molar-refractivity contribution in [2.24, 2.45) is 10.7 Å². The number of ether oxygens (including phenoxy) is 1. The lowest BCUT2D eigenvalue weighted by Gasteiger charge is -2.27. The van der Waals surface area contributed by atoms with E-state index in [1.807, 2.05) is 12.1 Å². The molecule has 5 nitrogen and oxygen atoms in total. The molecule has 1 heterocycles. The average Bonchev–Trinajstić information content (AvgIpc) is 3.57. The second kappa shape index (κ2) is 8.24. The van der Waals surface area contributed by atoms with E-state index in [-0.39, 0.29) is 23.5 Å². The highest BCUT2D eigenvalue weighted by atomic mass is 19.3. The Balaban J connectivity index is 1.86. The molecule has 1 atom stereocenters. The van der Waals surface area contributed by atoms with Crippen LogP contribution in [0.1, 0.15) is 47.4 Å². The standard InChI is InChI=1S/C23H24F3N3O2/c1-29-20(30)23(28-22(29)27,16-6-2-4-14(12-16)5-3-11-24)17-9-10-19(31-21(25)26)18(13-17)15-7-8-15/h2,4,6,9-10,12-13,15,21H,3,5,7-8,11H2,1H3,(H2,27,28). The topological polar surface area (TPSA) is 67.9 Å². The van der Waals surface area contributed by atoms with E-state index < -0.39 is 18.8 Å². The number of carbonyl (C=O) groups excluding carboxylic acids is 1. The van der Waals surface area contributed by atoms with Gasteiger partial charge >= 0.3 is 6.61 Å². The third-order valence-electron chi connectivity index (χ3n) is 5.84. The van der Waals surface area contributed by atoms with E-state index in [0.29, 0.717) is 29.5 Å². The van der Waals surface area contributed by atoms with Crippen molar-refractivity contribution < 1.29 is 22.7 Å². The highest BCUT2D eigenvalue weighted by Crippen LogP contribution is 2.48. The number of alkyl halides is 3.